The van der Waals surface area contributed by atoms with Gasteiger partial charge in [-0.2, -0.15) is 13.2 Å². The summed E-state index contributed by atoms with van der Waals surface area (Å²) in [4.78, 5) is 14.3. The van der Waals surface area contributed by atoms with Gasteiger partial charge < -0.3 is 10.2 Å². The summed E-state index contributed by atoms with van der Waals surface area (Å²) in [5, 5.41) is 3.20. The van der Waals surface area contributed by atoms with E-state index in [-0.39, 0.29) is 11.5 Å². The maximum absolute atomic E-state index is 14.2. The molecule has 1 N–H and O–H groups in total. The van der Waals surface area contributed by atoms with Gasteiger partial charge in [0, 0.05) is 32.6 Å². The highest BCUT2D eigenvalue weighted by Crippen LogP contribution is 2.40. The average molecular weight is 422 g/mol. The molecule has 0 aromatic heterocycles. The number of hydrogen-bond donors (Lipinski definition) is 1. The number of carbonyl (C=O) groups excluding carboxylic acids is 1. The Labute approximate surface area is 174 Å². The first kappa shape index (κ1) is 22.3. The Morgan fingerprint density at radius 2 is 1.60 bits per heavy atom. The molecule has 2 aliphatic rings. The number of piperazine rings is 1. The molecule has 1 aliphatic carbocycles. The summed E-state index contributed by atoms with van der Waals surface area (Å²) < 4.78 is 46.6. The molecule has 30 heavy (non-hydrogen) atoms. The number of amides is 1. The van der Waals surface area contributed by atoms with Gasteiger partial charge in [-0.1, -0.05) is 37.3 Å². The molecule has 1 heterocycles. The first-order valence-corrected chi connectivity index (χ1v) is 10.2. The van der Waals surface area contributed by atoms with Crippen LogP contribution in [0, 0.1) is 5.82 Å². The summed E-state index contributed by atoms with van der Waals surface area (Å²) in [5.74, 6) is 0.0550. The quantitative estimate of drug-likeness (QED) is 0.674. The lowest BCUT2D eigenvalue weighted by Gasteiger charge is -2.27. The van der Waals surface area contributed by atoms with Gasteiger partial charge in [0.15, 0.2) is 0 Å². The molecule has 1 saturated carbocycles. The van der Waals surface area contributed by atoms with Crippen molar-refractivity contribution < 1.29 is 22.4 Å². The summed E-state index contributed by atoms with van der Waals surface area (Å²) in [5.41, 5.74) is 3.45. The number of alkyl halides is 3. The lowest BCUT2D eigenvalue weighted by atomic mass is 10.00. The fourth-order valence-corrected chi connectivity index (χ4v) is 3.27. The highest BCUT2D eigenvalue weighted by atomic mass is 19.4. The van der Waals surface area contributed by atoms with Gasteiger partial charge in [0.25, 0.3) is 5.91 Å². The van der Waals surface area contributed by atoms with Gasteiger partial charge >= 0.3 is 6.18 Å². The van der Waals surface area contributed by atoms with E-state index in [0.29, 0.717) is 13.1 Å². The molecule has 4 rings (SSSR count). The van der Waals surface area contributed by atoms with E-state index in [1.807, 2.05) is 0 Å². The van der Waals surface area contributed by atoms with Gasteiger partial charge in [-0.05, 0) is 47.6 Å². The molecule has 0 unspecified atom stereocenters. The Kier molecular flexibility index (Phi) is 7.13. The molecule has 0 radical (unpaired) electrons. The minimum Gasteiger partial charge on any atom is -0.336 e. The second-order valence-corrected chi connectivity index (χ2v) is 7.60. The monoisotopic (exact) mass is 422 g/mol. The van der Waals surface area contributed by atoms with Gasteiger partial charge in [0.2, 0.25) is 0 Å². The second-order valence-electron chi connectivity index (χ2n) is 7.60. The van der Waals surface area contributed by atoms with E-state index >= 15 is 0 Å². The number of nitrogens with one attached hydrogen (secondary N) is 1. The smallest absolute Gasteiger partial charge is 0.336 e. The van der Waals surface area contributed by atoms with E-state index in [9.17, 15) is 22.4 Å². The fraction of sp³-hybridized carbons (Fsp3) is 0.435. The van der Waals surface area contributed by atoms with Gasteiger partial charge in [-0.25, -0.2) is 4.39 Å². The molecule has 3 nitrogen and oxygen atoms in total. The lowest BCUT2D eigenvalue weighted by molar-refractivity contribution is -0.130. The summed E-state index contributed by atoms with van der Waals surface area (Å²) in [6.45, 7) is 3.85. The number of nitrogens with zero attached hydrogens (tertiary/aromatic N) is 1. The van der Waals surface area contributed by atoms with Crippen LogP contribution >= 0.6 is 0 Å². The van der Waals surface area contributed by atoms with Crippen molar-refractivity contribution in [1.29, 1.82) is 0 Å². The van der Waals surface area contributed by atoms with Gasteiger partial charge in [0.05, 0.1) is 5.56 Å². The normalized spacial score (nSPS) is 16.6. The average Bonchev–Trinajstić information content (AvgIpc) is 3.60. The summed E-state index contributed by atoms with van der Waals surface area (Å²) in [6.07, 6.45) is -2.13. The van der Waals surface area contributed by atoms with E-state index in [0.717, 1.165) is 37.1 Å². The van der Waals surface area contributed by atoms with Crippen LogP contribution in [0.1, 0.15) is 48.0 Å². The molecular formula is C23H26F4N2O. The van der Waals surface area contributed by atoms with Crippen LogP contribution in [-0.2, 0) is 0 Å². The molecule has 2 aromatic rings. The predicted molar refractivity (Wildman–Crippen MR) is 109 cm³/mol. The SMILES string of the molecule is CCC(F)(F)F.O=C(c1cc(-c2ccc(C3CC3)cc2)ccc1F)N1CCNCC1. The zero-order valence-electron chi connectivity index (χ0n) is 16.9. The van der Waals surface area contributed by atoms with Crippen LogP contribution in [0.3, 0.4) is 0 Å². The number of carbonyl (C=O) groups is 1. The zero-order valence-corrected chi connectivity index (χ0v) is 16.9. The first-order valence-electron chi connectivity index (χ1n) is 10.2. The van der Waals surface area contributed by atoms with E-state index in [4.69, 9.17) is 0 Å². The minimum absolute atomic E-state index is 0.167. The lowest BCUT2D eigenvalue weighted by Crippen LogP contribution is -2.46. The maximum Gasteiger partial charge on any atom is 0.388 e. The van der Waals surface area contributed by atoms with E-state index < -0.39 is 18.4 Å². The topological polar surface area (TPSA) is 32.3 Å². The number of hydrogen-bond acceptors (Lipinski definition) is 2. The summed E-state index contributed by atoms with van der Waals surface area (Å²) >= 11 is 0. The summed E-state index contributed by atoms with van der Waals surface area (Å²) in [7, 11) is 0. The van der Waals surface area contributed by atoms with Crippen molar-refractivity contribution in [2.75, 3.05) is 26.2 Å². The van der Waals surface area contributed by atoms with Crippen molar-refractivity contribution in [2.45, 2.75) is 38.3 Å². The van der Waals surface area contributed by atoms with Gasteiger partial charge in [0.1, 0.15) is 5.82 Å². The molecule has 162 valence electrons. The first-order chi connectivity index (χ1) is 14.3. The van der Waals surface area contributed by atoms with E-state index in [1.165, 1.54) is 24.5 Å². The summed E-state index contributed by atoms with van der Waals surface area (Å²) in [6, 6.07) is 13.3. The molecule has 7 heteroatoms. The second kappa shape index (κ2) is 9.60. The molecule has 1 aliphatic heterocycles. The minimum atomic E-state index is -3.96. The Hall–Kier alpha value is -2.41. The van der Waals surface area contributed by atoms with Crippen LogP contribution in [0.25, 0.3) is 11.1 Å². The van der Waals surface area contributed by atoms with Crippen LogP contribution in [-0.4, -0.2) is 43.2 Å². The Morgan fingerprint density at radius 3 is 2.13 bits per heavy atom. The van der Waals surface area contributed by atoms with Crippen molar-refractivity contribution in [1.82, 2.24) is 10.2 Å². The zero-order chi connectivity index (χ0) is 21.7. The Bertz CT molecular complexity index is 854. The van der Waals surface area contributed by atoms with Crippen molar-refractivity contribution >= 4 is 5.91 Å². The largest absolute Gasteiger partial charge is 0.388 e. The maximum atomic E-state index is 14.2. The van der Waals surface area contributed by atoms with Crippen molar-refractivity contribution in [2.24, 2.45) is 0 Å². The Morgan fingerprint density at radius 1 is 1.03 bits per heavy atom. The molecule has 2 fully saturated rings. The number of rotatable bonds is 3. The van der Waals surface area contributed by atoms with Crippen LogP contribution in [0.5, 0.6) is 0 Å². The molecule has 1 saturated heterocycles. The van der Waals surface area contributed by atoms with Crippen molar-refractivity contribution in [3.63, 3.8) is 0 Å². The molecular weight excluding hydrogens is 396 g/mol. The van der Waals surface area contributed by atoms with E-state index in [2.05, 4.69) is 29.6 Å². The van der Waals surface area contributed by atoms with E-state index in [1.54, 1.807) is 17.0 Å². The van der Waals surface area contributed by atoms with Crippen LogP contribution in [0.15, 0.2) is 42.5 Å². The number of halogens is 4. The standard InChI is InChI=1S/C20H21FN2O.C3H5F3/c21-19-8-7-17(16-5-3-15(4-6-16)14-1-2-14)13-18(19)20(24)23-11-9-22-10-12-23;1-2-3(4,5)6/h3-8,13-14,22H,1-2,9-12H2;2H2,1H3. The third-order valence-electron chi connectivity index (χ3n) is 5.29. The predicted octanol–water partition coefficient (Wildman–Crippen LogP) is 5.37. The van der Waals surface area contributed by atoms with Gasteiger partial charge in [-0.15, -0.1) is 0 Å². The third-order valence-corrected chi connectivity index (χ3v) is 5.29. The Balaban J connectivity index is 0.000000377. The highest BCUT2D eigenvalue weighted by molar-refractivity contribution is 5.96. The molecule has 0 bridgehead atoms. The molecule has 1 amide bonds. The van der Waals surface area contributed by atoms with Crippen LogP contribution < -0.4 is 5.32 Å². The molecule has 0 atom stereocenters. The number of benzene rings is 2. The fourth-order valence-electron chi connectivity index (χ4n) is 3.27. The van der Waals surface area contributed by atoms with Gasteiger partial charge in [-0.3, -0.25) is 4.79 Å². The van der Waals surface area contributed by atoms with Crippen molar-refractivity contribution in [3.05, 3.63) is 59.4 Å². The third kappa shape index (κ3) is 6.05. The molecule has 0 spiro atoms. The molecule has 2 aromatic carbocycles. The van der Waals surface area contributed by atoms with Crippen LogP contribution in [0.2, 0.25) is 0 Å². The van der Waals surface area contributed by atoms with Crippen LogP contribution in [0.4, 0.5) is 17.6 Å². The highest BCUT2D eigenvalue weighted by Gasteiger charge is 2.24. The van der Waals surface area contributed by atoms with Crippen molar-refractivity contribution in [3.8, 4) is 11.1 Å².